The molecule has 0 amide bonds. The SMILES string of the molecule is COc1ccc(-c2cc(C(O)CN3CCOCC3)on2)cc1OC1CCCC1. The number of rotatable bonds is 7. The van der Waals surface area contributed by atoms with Gasteiger partial charge < -0.3 is 23.8 Å². The first kappa shape index (κ1) is 19.2. The molecule has 2 aliphatic rings. The highest BCUT2D eigenvalue weighted by Gasteiger charge is 2.22. The summed E-state index contributed by atoms with van der Waals surface area (Å²) >= 11 is 0. The second-order valence-corrected chi connectivity index (χ2v) is 7.43. The van der Waals surface area contributed by atoms with E-state index in [-0.39, 0.29) is 6.10 Å². The fourth-order valence-corrected chi connectivity index (χ4v) is 3.81. The van der Waals surface area contributed by atoms with Crippen molar-refractivity contribution < 1.29 is 23.8 Å². The maximum absolute atomic E-state index is 10.5. The van der Waals surface area contributed by atoms with Gasteiger partial charge in [-0.25, -0.2) is 0 Å². The topological polar surface area (TPSA) is 77.2 Å². The number of morpholine rings is 1. The zero-order valence-electron chi connectivity index (χ0n) is 16.3. The lowest BCUT2D eigenvalue weighted by molar-refractivity contribution is 0.00892. The molecular weight excluding hydrogens is 360 g/mol. The lowest BCUT2D eigenvalue weighted by Gasteiger charge is -2.27. The van der Waals surface area contributed by atoms with Gasteiger partial charge in [0.05, 0.1) is 26.4 Å². The van der Waals surface area contributed by atoms with E-state index in [1.165, 1.54) is 12.8 Å². The van der Waals surface area contributed by atoms with Crippen LogP contribution in [-0.4, -0.2) is 61.2 Å². The van der Waals surface area contributed by atoms with Crippen molar-refractivity contribution in [1.29, 1.82) is 0 Å². The number of aliphatic hydroxyl groups excluding tert-OH is 1. The van der Waals surface area contributed by atoms with Crippen molar-refractivity contribution in [2.75, 3.05) is 40.0 Å². The third-order valence-electron chi connectivity index (χ3n) is 5.45. The molecule has 1 saturated heterocycles. The molecule has 0 spiro atoms. The number of β-amino-alcohol motifs (C(OH)–C–C–N with tert-alkyl or cyclic N) is 1. The van der Waals surface area contributed by atoms with E-state index in [1.807, 2.05) is 18.2 Å². The number of ether oxygens (including phenoxy) is 3. The fourth-order valence-electron chi connectivity index (χ4n) is 3.81. The summed E-state index contributed by atoms with van der Waals surface area (Å²) in [5, 5.41) is 14.7. The first-order valence-corrected chi connectivity index (χ1v) is 10.0. The molecule has 28 heavy (non-hydrogen) atoms. The van der Waals surface area contributed by atoms with Crippen LogP contribution < -0.4 is 9.47 Å². The van der Waals surface area contributed by atoms with E-state index in [9.17, 15) is 5.11 Å². The Kier molecular flexibility index (Phi) is 6.14. The summed E-state index contributed by atoms with van der Waals surface area (Å²) in [6, 6.07) is 7.55. The van der Waals surface area contributed by atoms with E-state index < -0.39 is 6.10 Å². The molecule has 7 heteroatoms. The number of methoxy groups -OCH3 is 1. The van der Waals surface area contributed by atoms with Crippen LogP contribution >= 0.6 is 0 Å². The average molecular weight is 388 g/mol. The number of aliphatic hydroxyl groups is 1. The minimum atomic E-state index is -0.716. The van der Waals surface area contributed by atoms with E-state index >= 15 is 0 Å². The molecule has 1 aromatic carbocycles. The fraction of sp³-hybridized carbons (Fsp3) is 0.571. The van der Waals surface area contributed by atoms with Crippen molar-refractivity contribution in [2.24, 2.45) is 0 Å². The Morgan fingerprint density at radius 1 is 1.18 bits per heavy atom. The monoisotopic (exact) mass is 388 g/mol. The molecule has 2 fully saturated rings. The lowest BCUT2D eigenvalue weighted by Crippen LogP contribution is -2.38. The molecule has 0 bridgehead atoms. The van der Waals surface area contributed by atoms with Crippen molar-refractivity contribution in [2.45, 2.75) is 37.9 Å². The Bertz CT molecular complexity index is 766. The van der Waals surface area contributed by atoms with Crippen molar-refractivity contribution >= 4 is 0 Å². The molecule has 152 valence electrons. The zero-order chi connectivity index (χ0) is 19.3. The average Bonchev–Trinajstić information content (AvgIpc) is 3.41. The number of hydrogen-bond donors (Lipinski definition) is 1. The van der Waals surface area contributed by atoms with Crippen LogP contribution in [0.3, 0.4) is 0 Å². The van der Waals surface area contributed by atoms with Crippen molar-refractivity contribution in [3.63, 3.8) is 0 Å². The summed E-state index contributed by atoms with van der Waals surface area (Å²) in [4.78, 5) is 2.16. The molecular formula is C21H28N2O5. The van der Waals surface area contributed by atoms with Gasteiger partial charge in [0.2, 0.25) is 0 Å². The Labute approximate surface area is 165 Å². The summed E-state index contributed by atoms with van der Waals surface area (Å²) < 4.78 is 22.4. The van der Waals surface area contributed by atoms with Gasteiger partial charge in [-0.1, -0.05) is 5.16 Å². The third-order valence-corrected chi connectivity index (χ3v) is 5.45. The molecule has 2 aromatic rings. The predicted molar refractivity (Wildman–Crippen MR) is 104 cm³/mol. The van der Waals surface area contributed by atoms with Gasteiger partial charge in [-0.3, -0.25) is 4.90 Å². The number of benzene rings is 1. The molecule has 0 radical (unpaired) electrons. The van der Waals surface area contributed by atoms with Gasteiger partial charge in [0.15, 0.2) is 17.3 Å². The molecule has 1 aromatic heterocycles. The van der Waals surface area contributed by atoms with Crippen LogP contribution in [-0.2, 0) is 4.74 Å². The molecule has 2 heterocycles. The van der Waals surface area contributed by atoms with Crippen molar-refractivity contribution in [3.05, 3.63) is 30.0 Å². The number of aromatic nitrogens is 1. The molecule has 1 aliphatic carbocycles. The van der Waals surface area contributed by atoms with Gasteiger partial charge >= 0.3 is 0 Å². The quantitative estimate of drug-likeness (QED) is 0.781. The number of hydrogen-bond acceptors (Lipinski definition) is 7. The van der Waals surface area contributed by atoms with Crippen LogP contribution in [0.15, 0.2) is 28.8 Å². The highest BCUT2D eigenvalue weighted by atomic mass is 16.5. The second kappa shape index (κ2) is 8.94. The van der Waals surface area contributed by atoms with E-state index in [2.05, 4.69) is 10.1 Å². The molecule has 1 unspecified atom stereocenters. The standard InChI is InChI=1S/C21H28N2O5/c1-25-19-7-6-15(12-21(19)27-16-4-2-3-5-16)17-13-20(28-22-17)18(24)14-23-8-10-26-11-9-23/h6-7,12-13,16,18,24H,2-5,8-11,14H2,1H3. The number of nitrogens with zero attached hydrogens (tertiary/aromatic N) is 2. The summed E-state index contributed by atoms with van der Waals surface area (Å²) in [5.41, 5.74) is 1.55. The second-order valence-electron chi connectivity index (χ2n) is 7.43. The normalized spacial score (nSPS) is 19.6. The first-order chi connectivity index (χ1) is 13.7. The Balaban J connectivity index is 1.47. The minimum absolute atomic E-state index is 0.243. The third kappa shape index (κ3) is 4.48. The molecule has 7 nitrogen and oxygen atoms in total. The van der Waals surface area contributed by atoms with Gasteiger partial charge in [-0.05, 0) is 43.9 Å². The molecule has 1 aliphatic heterocycles. The summed E-state index contributed by atoms with van der Waals surface area (Å²) in [6.07, 6.45) is 4.10. The molecule has 1 atom stereocenters. The Hall–Kier alpha value is -2.09. The highest BCUT2D eigenvalue weighted by molar-refractivity contribution is 5.64. The largest absolute Gasteiger partial charge is 0.493 e. The van der Waals surface area contributed by atoms with Gasteiger partial charge in [-0.2, -0.15) is 0 Å². The maximum atomic E-state index is 10.5. The van der Waals surface area contributed by atoms with Crippen LogP contribution in [0.25, 0.3) is 11.3 Å². The first-order valence-electron chi connectivity index (χ1n) is 10.0. The van der Waals surface area contributed by atoms with E-state index in [4.69, 9.17) is 18.7 Å². The van der Waals surface area contributed by atoms with Gasteiger partial charge in [0.1, 0.15) is 11.8 Å². The smallest absolute Gasteiger partial charge is 0.167 e. The summed E-state index contributed by atoms with van der Waals surface area (Å²) in [7, 11) is 1.65. The maximum Gasteiger partial charge on any atom is 0.167 e. The molecule has 1 saturated carbocycles. The van der Waals surface area contributed by atoms with Crippen LogP contribution in [0.2, 0.25) is 0 Å². The van der Waals surface area contributed by atoms with Crippen molar-refractivity contribution in [3.8, 4) is 22.8 Å². The predicted octanol–water partition coefficient (Wildman–Crippen LogP) is 3.04. The lowest BCUT2D eigenvalue weighted by atomic mass is 10.1. The van der Waals surface area contributed by atoms with Crippen LogP contribution in [0.1, 0.15) is 37.5 Å². The van der Waals surface area contributed by atoms with Crippen LogP contribution in [0, 0.1) is 0 Å². The Morgan fingerprint density at radius 2 is 1.96 bits per heavy atom. The molecule has 4 rings (SSSR count). The van der Waals surface area contributed by atoms with E-state index in [0.717, 1.165) is 37.2 Å². The van der Waals surface area contributed by atoms with Crippen molar-refractivity contribution in [1.82, 2.24) is 10.1 Å². The van der Waals surface area contributed by atoms with E-state index in [0.29, 0.717) is 37.0 Å². The van der Waals surface area contributed by atoms with Gasteiger partial charge in [-0.15, -0.1) is 0 Å². The summed E-state index contributed by atoms with van der Waals surface area (Å²) in [6.45, 7) is 3.54. The van der Waals surface area contributed by atoms with Gasteiger partial charge in [0, 0.05) is 31.3 Å². The van der Waals surface area contributed by atoms with Crippen LogP contribution in [0.4, 0.5) is 0 Å². The molecule has 1 N–H and O–H groups in total. The van der Waals surface area contributed by atoms with Crippen LogP contribution in [0.5, 0.6) is 11.5 Å². The zero-order valence-corrected chi connectivity index (χ0v) is 16.3. The van der Waals surface area contributed by atoms with E-state index in [1.54, 1.807) is 13.2 Å². The van der Waals surface area contributed by atoms with Gasteiger partial charge in [0.25, 0.3) is 0 Å². The highest BCUT2D eigenvalue weighted by Crippen LogP contribution is 2.35. The minimum Gasteiger partial charge on any atom is -0.493 e. The Morgan fingerprint density at radius 3 is 2.71 bits per heavy atom. The summed E-state index contributed by atoms with van der Waals surface area (Å²) in [5.74, 6) is 1.91.